The average Bonchev–Trinajstić information content (AvgIpc) is 2.65. The molecule has 0 fully saturated rings. The number of hydrogen-bond donors (Lipinski definition) is 1. The van der Waals surface area contributed by atoms with Crippen LogP contribution in [0.3, 0.4) is 0 Å². The number of carbonyl (C=O) groups is 2. The van der Waals surface area contributed by atoms with E-state index in [0.717, 1.165) is 16.9 Å². The Morgan fingerprint density at radius 3 is 2.36 bits per heavy atom. The van der Waals surface area contributed by atoms with E-state index in [1.54, 1.807) is 6.92 Å². The number of carbonyl (C=O) groups excluding carboxylic acids is 2. The first-order valence-electron chi connectivity index (χ1n) is 9.60. The van der Waals surface area contributed by atoms with E-state index in [0.29, 0.717) is 18.6 Å². The van der Waals surface area contributed by atoms with E-state index in [9.17, 15) is 9.59 Å². The highest BCUT2D eigenvalue weighted by Gasteiger charge is 2.11. The van der Waals surface area contributed by atoms with E-state index in [1.807, 2.05) is 69.3 Å². The fraction of sp³-hybridized carbons (Fsp3) is 0.391. The topological polar surface area (TPSA) is 64.6 Å². The molecule has 0 heterocycles. The number of nitrogens with one attached hydrogen (secondary N) is 1. The number of aryl methyl sites for hydroxylation is 1. The van der Waals surface area contributed by atoms with Crippen molar-refractivity contribution in [3.05, 3.63) is 59.7 Å². The largest absolute Gasteiger partial charge is 0.491 e. The van der Waals surface area contributed by atoms with Crippen molar-refractivity contribution in [2.75, 3.05) is 6.61 Å². The molecule has 0 saturated carbocycles. The van der Waals surface area contributed by atoms with Crippen molar-refractivity contribution in [3.63, 3.8) is 0 Å². The van der Waals surface area contributed by atoms with Gasteiger partial charge in [-0.3, -0.25) is 4.79 Å². The van der Waals surface area contributed by atoms with Crippen LogP contribution in [0.1, 0.15) is 51.3 Å². The molecule has 0 spiro atoms. The highest BCUT2D eigenvalue weighted by Crippen LogP contribution is 2.20. The molecule has 2 rings (SSSR count). The van der Waals surface area contributed by atoms with E-state index < -0.39 is 0 Å². The third-order valence-corrected chi connectivity index (χ3v) is 4.17. The van der Waals surface area contributed by atoms with E-state index in [-0.39, 0.29) is 30.4 Å². The van der Waals surface area contributed by atoms with Crippen molar-refractivity contribution in [1.82, 2.24) is 5.32 Å². The molecule has 5 nitrogen and oxygen atoms in total. The van der Waals surface area contributed by atoms with Crippen molar-refractivity contribution in [2.45, 2.75) is 52.7 Å². The molecule has 1 atom stereocenters. The van der Waals surface area contributed by atoms with Crippen LogP contribution in [-0.4, -0.2) is 24.4 Å². The summed E-state index contributed by atoms with van der Waals surface area (Å²) in [4.78, 5) is 23.2. The van der Waals surface area contributed by atoms with Crippen molar-refractivity contribution in [2.24, 2.45) is 0 Å². The lowest BCUT2D eigenvalue weighted by Gasteiger charge is -2.17. The minimum absolute atomic E-state index is 0.0562. The Morgan fingerprint density at radius 2 is 1.71 bits per heavy atom. The second kappa shape index (κ2) is 10.5. The number of ether oxygens (including phenoxy) is 2. The zero-order valence-corrected chi connectivity index (χ0v) is 17.0. The van der Waals surface area contributed by atoms with Crippen LogP contribution in [0.4, 0.5) is 0 Å². The van der Waals surface area contributed by atoms with Crippen molar-refractivity contribution < 1.29 is 19.1 Å². The fourth-order valence-electron chi connectivity index (χ4n) is 2.72. The number of ketones is 1. The molecule has 2 aromatic carbocycles. The number of benzene rings is 2. The van der Waals surface area contributed by atoms with Crippen LogP contribution < -0.4 is 14.8 Å². The van der Waals surface area contributed by atoms with Crippen molar-refractivity contribution in [3.8, 4) is 11.5 Å². The number of amides is 1. The lowest BCUT2D eigenvalue weighted by atomic mass is 10.1. The molecular weight excluding hydrogens is 354 g/mol. The van der Waals surface area contributed by atoms with E-state index in [2.05, 4.69) is 5.32 Å². The van der Waals surface area contributed by atoms with Crippen LogP contribution in [0.5, 0.6) is 11.5 Å². The summed E-state index contributed by atoms with van der Waals surface area (Å²) in [6.45, 7) is 7.41. The Morgan fingerprint density at radius 1 is 1.00 bits per heavy atom. The molecule has 0 aliphatic rings. The molecule has 5 heteroatoms. The van der Waals surface area contributed by atoms with Gasteiger partial charge in [0.15, 0.2) is 6.61 Å². The van der Waals surface area contributed by atoms with Crippen molar-refractivity contribution in [1.29, 1.82) is 0 Å². The minimum Gasteiger partial charge on any atom is -0.491 e. The van der Waals surface area contributed by atoms with E-state index in [4.69, 9.17) is 9.47 Å². The first-order chi connectivity index (χ1) is 13.3. The van der Waals surface area contributed by atoms with Gasteiger partial charge in [-0.15, -0.1) is 0 Å². The van der Waals surface area contributed by atoms with Crippen LogP contribution >= 0.6 is 0 Å². The maximum absolute atomic E-state index is 12.2. The summed E-state index contributed by atoms with van der Waals surface area (Å²) in [5, 5.41) is 2.93. The smallest absolute Gasteiger partial charge is 0.258 e. The molecule has 0 aromatic heterocycles. The predicted molar refractivity (Wildman–Crippen MR) is 110 cm³/mol. The monoisotopic (exact) mass is 383 g/mol. The number of hydrogen-bond acceptors (Lipinski definition) is 4. The molecule has 0 aliphatic carbocycles. The van der Waals surface area contributed by atoms with Crippen molar-refractivity contribution >= 4 is 11.7 Å². The normalized spacial score (nSPS) is 11.8. The second-order valence-corrected chi connectivity index (χ2v) is 7.16. The van der Waals surface area contributed by atoms with Crippen LogP contribution in [0.25, 0.3) is 0 Å². The lowest BCUT2D eigenvalue weighted by molar-refractivity contribution is -0.123. The molecule has 1 unspecified atom stereocenters. The standard InChI is InChI=1S/C23H29NO4/c1-16(2)28-22-7-5-6-20(14-22)18(4)24-23(26)15-27-21-12-10-19(11-13-21)9-8-17(3)25/h5-7,10-14,16,18H,8-9,15H2,1-4H3,(H,24,26). The number of Topliss-reactive ketones (excluding diaryl/α,β-unsaturated/α-hetero) is 1. The van der Waals surface area contributed by atoms with E-state index in [1.165, 1.54) is 0 Å². The van der Waals surface area contributed by atoms with Gasteiger partial charge in [0.05, 0.1) is 12.1 Å². The van der Waals surface area contributed by atoms with Gasteiger partial charge in [-0.25, -0.2) is 0 Å². The molecule has 0 saturated heterocycles. The Kier molecular flexibility index (Phi) is 8.05. The van der Waals surface area contributed by atoms with E-state index >= 15 is 0 Å². The summed E-state index contributed by atoms with van der Waals surface area (Å²) < 4.78 is 11.3. The van der Waals surface area contributed by atoms with Crippen LogP contribution in [0, 0.1) is 0 Å². The van der Waals surface area contributed by atoms with Crippen LogP contribution in [0.2, 0.25) is 0 Å². The van der Waals surface area contributed by atoms with Crippen LogP contribution in [0.15, 0.2) is 48.5 Å². The number of rotatable bonds is 10. The molecule has 28 heavy (non-hydrogen) atoms. The van der Waals surface area contributed by atoms with Crippen LogP contribution in [-0.2, 0) is 16.0 Å². The summed E-state index contributed by atoms with van der Waals surface area (Å²) in [5.41, 5.74) is 2.05. The predicted octanol–water partition coefficient (Wildman–Crippen LogP) is 4.25. The SMILES string of the molecule is CC(=O)CCc1ccc(OCC(=O)NC(C)c2cccc(OC(C)C)c2)cc1. The summed E-state index contributed by atoms with van der Waals surface area (Å²) in [6.07, 6.45) is 1.35. The molecule has 150 valence electrons. The maximum atomic E-state index is 12.2. The molecule has 0 aliphatic heterocycles. The summed E-state index contributed by atoms with van der Waals surface area (Å²) in [7, 11) is 0. The highest BCUT2D eigenvalue weighted by atomic mass is 16.5. The average molecular weight is 383 g/mol. The summed E-state index contributed by atoms with van der Waals surface area (Å²) >= 11 is 0. The highest BCUT2D eigenvalue weighted by molar-refractivity contribution is 5.78. The van der Waals surface area contributed by atoms with Gasteiger partial charge in [0.1, 0.15) is 17.3 Å². The Bertz CT molecular complexity index is 783. The third kappa shape index (κ3) is 7.43. The van der Waals surface area contributed by atoms with Gasteiger partial charge in [-0.2, -0.15) is 0 Å². The fourth-order valence-corrected chi connectivity index (χ4v) is 2.72. The second-order valence-electron chi connectivity index (χ2n) is 7.16. The molecule has 0 radical (unpaired) electrons. The lowest BCUT2D eigenvalue weighted by Crippen LogP contribution is -2.31. The Labute approximate surface area is 167 Å². The Hall–Kier alpha value is -2.82. The van der Waals surface area contributed by atoms with Gasteiger partial charge in [-0.05, 0) is 69.5 Å². The summed E-state index contributed by atoms with van der Waals surface area (Å²) in [6, 6.07) is 15.0. The van der Waals surface area contributed by atoms with Gasteiger partial charge in [0.2, 0.25) is 0 Å². The third-order valence-electron chi connectivity index (χ3n) is 4.17. The zero-order valence-electron chi connectivity index (χ0n) is 17.0. The molecule has 0 bridgehead atoms. The Balaban J connectivity index is 1.82. The summed E-state index contributed by atoms with van der Waals surface area (Å²) in [5.74, 6) is 1.40. The molecule has 1 amide bonds. The maximum Gasteiger partial charge on any atom is 0.258 e. The van der Waals surface area contributed by atoms with Gasteiger partial charge >= 0.3 is 0 Å². The van der Waals surface area contributed by atoms with Gasteiger partial charge in [0, 0.05) is 6.42 Å². The van der Waals surface area contributed by atoms with Gasteiger partial charge < -0.3 is 19.6 Å². The first kappa shape index (κ1) is 21.5. The minimum atomic E-state index is -0.191. The zero-order chi connectivity index (χ0) is 20.5. The molecular formula is C23H29NO4. The van der Waals surface area contributed by atoms with Gasteiger partial charge in [0.25, 0.3) is 5.91 Å². The van der Waals surface area contributed by atoms with Gasteiger partial charge in [-0.1, -0.05) is 24.3 Å². The molecule has 1 N–H and O–H groups in total. The quantitative estimate of drug-likeness (QED) is 0.666. The molecule has 2 aromatic rings. The first-order valence-corrected chi connectivity index (χ1v) is 9.60.